The van der Waals surface area contributed by atoms with E-state index in [0.29, 0.717) is 18.7 Å². The van der Waals surface area contributed by atoms with Crippen LogP contribution in [0, 0.1) is 0 Å². The third-order valence-corrected chi connectivity index (χ3v) is 4.27. The van der Waals surface area contributed by atoms with Gasteiger partial charge < -0.3 is 15.1 Å². The van der Waals surface area contributed by atoms with Crippen LogP contribution in [0.2, 0.25) is 0 Å². The number of hydrogen-bond donors (Lipinski definition) is 1. The van der Waals surface area contributed by atoms with E-state index in [0.717, 1.165) is 31.6 Å². The zero-order chi connectivity index (χ0) is 18.1. The summed E-state index contributed by atoms with van der Waals surface area (Å²) in [6.07, 6.45) is 6.76. The van der Waals surface area contributed by atoms with Gasteiger partial charge in [0.25, 0.3) is 5.91 Å². The molecule has 0 spiro atoms. The molecule has 0 saturated carbocycles. The fourth-order valence-corrected chi connectivity index (χ4v) is 2.89. The molecular formula is C20H27N3O2. The van der Waals surface area contributed by atoms with Crippen LogP contribution in [0.4, 0.5) is 5.69 Å². The quantitative estimate of drug-likeness (QED) is 0.740. The molecule has 5 nitrogen and oxygen atoms in total. The second-order valence-electron chi connectivity index (χ2n) is 6.16. The van der Waals surface area contributed by atoms with Crippen molar-refractivity contribution in [3.63, 3.8) is 0 Å². The van der Waals surface area contributed by atoms with E-state index in [4.69, 9.17) is 0 Å². The standard InChI is InChI=1S/C20H27N3O2/c1-3-12-22(13-4-2)19(24)16-21-18-10-8-17(9-11-18)20(25)23-14-6-5-7-15-23/h3-4,8-11,21H,1-2,5-7,12-16H2. The lowest BCUT2D eigenvalue weighted by molar-refractivity contribution is -0.128. The largest absolute Gasteiger partial charge is 0.376 e. The van der Waals surface area contributed by atoms with Crippen molar-refractivity contribution in [3.05, 3.63) is 55.1 Å². The molecule has 1 saturated heterocycles. The minimum Gasteiger partial charge on any atom is -0.376 e. The van der Waals surface area contributed by atoms with Gasteiger partial charge in [-0.25, -0.2) is 0 Å². The molecule has 25 heavy (non-hydrogen) atoms. The molecule has 0 atom stereocenters. The van der Waals surface area contributed by atoms with Crippen LogP contribution in [0.25, 0.3) is 0 Å². The van der Waals surface area contributed by atoms with Gasteiger partial charge in [0.05, 0.1) is 6.54 Å². The Morgan fingerprint density at radius 3 is 2.20 bits per heavy atom. The number of anilines is 1. The summed E-state index contributed by atoms with van der Waals surface area (Å²) < 4.78 is 0. The van der Waals surface area contributed by atoms with Crippen molar-refractivity contribution in [2.24, 2.45) is 0 Å². The topological polar surface area (TPSA) is 52.7 Å². The molecule has 1 N–H and O–H groups in total. The molecule has 1 aromatic rings. The van der Waals surface area contributed by atoms with E-state index in [1.807, 2.05) is 29.2 Å². The minimum absolute atomic E-state index is 0.0201. The number of nitrogens with zero attached hydrogens (tertiary/aromatic N) is 2. The molecule has 1 heterocycles. The second-order valence-corrected chi connectivity index (χ2v) is 6.16. The number of piperidine rings is 1. The van der Waals surface area contributed by atoms with Crippen LogP contribution in [0.3, 0.4) is 0 Å². The lowest BCUT2D eigenvalue weighted by atomic mass is 10.1. The predicted molar refractivity (Wildman–Crippen MR) is 102 cm³/mol. The summed E-state index contributed by atoms with van der Waals surface area (Å²) in [7, 11) is 0. The number of benzene rings is 1. The molecule has 1 aromatic carbocycles. The van der Waals surface area contributed by atoms with Crippen molar-refractivity contribution in [3.8, 4) is 0 Å². The summed E-state index contributed by atoms with van der Waals surface area (Å²) in [6.45, 7) is 10.2. The summed E-state index contributed by atoms with van der Waals surface area (Å²) in [6, 6.07) is 7.32. The molecule has 1 aliphatic heterocycles. The average Bonchev–Trinajstić information content (AvgIpc) is 2.66. The van der Waals surface area contributed by atoms with Crippen molar-refractivity contribution in [1.29, 1.82) is 0 Å². The van der Waals surface area contributed by atoms with E-state index in [9.17, 15) is 9.59 Å². The Morgan fingerprint density at radius 2 is 1.64 bits per heavy atom. The Kier molecular flexibility index (Phi) is 7.26. The smallest absolute Gasteiger partial charge is 0.253 e. The Bertz CT molecular complexity index is 594. The van der Waals surface area contributed by atoms with E-state index < -0.39 is 0 Å². The van der Waals surface area contributed by atoms with Crippen LogP contribution in [0.5, 0.6) is 0 Å². The van der Waals surface area contributed by atoms with Crippen molar-refractivity contribution >= 4 is 17.5 Å². The highest BCUT2D eigenvalue weighted by Crippen LogP contribution is 2.15. The summed E-state index contributed by atoms with van der Waals surface area (Å²) in [5.74, 6) is 0.0683. The number of carbonyl (C=O) groups excluding carboxylic acids is 2. The van der Waals surface area contributed by atoms with Gasteiger partial charge >= 0.3 is 0 Å². The Hall–Kier alpha value is -2.56. The van der Waals surface area contributed by atoms with Crippen molar-refractivity contribution in [2.75, 3.05) is 38.0 Å². The number of nitrogens with one attached hydrogen (secondary N) is 1. The van der Waals surface area contributed by atoms with Crippen LogP contribution < -0.4 is 5.32 Å². The van der Waals surface area contributed by atoms with E-state index in [1.165, 1.54) is 6.42 Å². The highest BCUT2D eigenvalue weighted by atomic mass is 16.2. The monoisotopic (exact) mass is 341 g/mol. The molecule has 2 amide bonds. The van der Waals surface area contributed by atoms with Crippen molar-refractivity contribution < 1.29 is 9.59 Å². The van der Waals surface area contributed by atoms with Gasteiger partial charge in [0.15, 0.2) is 0 Å². The molecule has 2 rings (SSSR count). The second kappa shape index (κ2) is 9.67. The van der Waals surface area contributed by atoms with E-state index in [1.54, 1.807) is 17.1 Å². The minimum atomic E-state index is -0.0201. The van der Waals surface area contributed by atoms with Crippen LogP contribution in [-0.4, -0.2) is 54.3 Å². The zero-order valence-corrected chi connectivity index (χ0v) is 14.7. The lowest BCUT2D eigenvalue weighted by Gasteiger charge is -2.26. The Labute approximate surface area is 150 Å². The van der Waals surface area contributed by atoms with Gasteiger partial charge in [-0.15, -0.1) is 13.2 Å². The summed E-state index contributed by atoms with van der Waals surface area (Å²) in [5, 5.41) is 3.10. The molecule has 5 heteroatoms. The van der Waals surface area contributed by atoms with Crippen molar-refractivity contribution in [1.82, 2.24) is 9.80 Å². The molecular weight excluding hydrogens is 314 g/mol. The van der Waals surface area contributed by atoms with E-state index in [-0.39, 0.29) is 18.4 Å². The van der Waals surface area contributed by atoms with Gasteiger partial charge in [0.1, 0.15) is 0 Å². The molecule has 0 aliphatic carbocycles. The summed E-state index contributed by atoms with van der Waals surface area (Å²) >= 11 is 0. The molecule has 1 fully saturated rings. The SMILES string of the molecule is C=CCN(CC=C)C(=O)CNc1ccc(C(=O)N2CCCCC2)cc1. The molecule has 0 unspecified atom stereocenters. The molecule has 0 bridgehead atoms. The number of amides is 2. The third kappa shape index (κ3) is 5.48. The first-order valence-corrected chi connectivity index (χ1v) is 8.78. The highest BCUT2D eigenvalue weighted by molar-refractivity contribution is 5.94. The number of hydrogen-bond acceptors (Lipinski definition) is 3. The van der Waals surface area contributed by atoms with Crippen LogP contribution in [-0.2, 0) is 4.79 Å². The molecule has 0 radical (unpaired) electrons. The number of likely N-dealkylation sites (tertiary alicyclic amines) is 1. The average molecular weight is 341 g/mol. The number of carbonyl (C=O) groups is 2. The fraction of sp³-hybridized carbons (Fsp3) is 0.400. The molecule has 134 valence electrons. The zero-order valence-electron chi connectivity index (χ0n) is 14.7. The summed E-state index contributed by atoms with van der Waals surface area (Å²) in [5.41, 5.74) is 1.51. The Morgan fingerprint density at radius 1 is 1.04 bits per heavy atom. The van der Waals surface area contributed by atoms with Gasteiger partial charge in [0.2, 0.25) is 5.91 Å². The molecule has 1 aliphatic rings. The normalized spacial score (nSPS) is 13.8. The maximum Gasteiger partial charge on any atom is 0.253 e. The first-order valence-electron chi connectivity index (χ1n) is 8.78. The third-order valence-electron chi connectivity index (χ3n) is 4.27. The van der Waals surface area contributed by atoms with Crippen LogP contribution in [0.15, 0.2) is 49.6 Å². The highest BCUT2D eigenvalue weighted by Gasteiger charge is 2.18. The fourth-order valence-electron chi connectivity index (χ4n) is 2.89. The van der Waals surface area contributed by atoms with Gasteiger partial charge in [-0.2, -0.15) is 0 Å². The predicted octanol–water partition coefficient (Wildman–Crippen LogP) is 2.93. The van der Waals surface area contributed by atoms with Crippen LogP contribution in [0.1, 0.15) is 29.6 Å². The van der Waals surface area contributed by atoms with Gasteiger partial charge in [-0.3, -0.25) is 9.59 Å². The summed E-state index contributed by atoms with van der Waals surface area (Å²) in [4.78, 5) is 28.2. The lowest BCUT2D eigenvalue weighted by Crippen LogP contribution is -2.36. The van der Waals surface area contributed by atoms with Gasteiger partial charge in [-0.1, -0.05) is 12.2 Å². The maximum atomic E-state index is 12.4. The first-order chi connectivity index (χ1) is 12.2. The Balaban J connectivity index is 1.89. The number of rotatable bonds is 8. The molecule has 0 aromatic heterocycles. The van der Waals surface area contributed by atoms with E-state index >= 15 is 0 Å². The first kappa shape index (κ1) is 18.8. The van der Waals surface area contributed by atoms with Gasteiger partial charge in [0, 0.05) is 37.4 Å². The van der Waals surface area contributed by atoms with Crippen molar-refractivity contribution in [2.45, 2.75) is 19.3 Å². The van der Waals surface area contributed by atoms with E-state index in [2.05, 4.69) is 18.5 Å². The maximum absolute atomic E-state index is 12.4. The van der Waals surface area contributed by atoms with Gasteiger partial charge in [-0.05, 0) is 43.5 Å². The van der Waals surface area contributed by atoms with Crippen LogP contribution >= 0.6 is 0 Å².